The Hall–Kier alpha value is -3.65. The number of nitrogens with one attached hydrogen (secondary N) is 2. The van der Waals surface area contributed by atoms with Crippen LogP contribution in [0.15, 0.2) is 54.7 Å². The number of H-pyrrole nitrogens is 1. The summed E-state index contributed by atoms with van der Waals surface area (Å²) in [6, 6.07) is 13.8. The summed E-state index contributed by atoms with van der Waals surface area (Å²) in [6.07, 6.45) is 1.52. The lowest BCUT2D eigenvalue weighted by Gasteiger charge is -2.10. The summed E-state index contributed by atoms with van der Waals surface area (Å²) in [5.41, 5.74) is 2.28. The van der Waals surface area contributed by atoms with Gasteiger partial charge in [-0.3, -0.25) is 0 Å². The number of aromatic amines is 1. The topological polar surface area (TPSA) is 92.3 Å². The van der Waals surface area contributed by atoms with Crippen molar-refractivity contribution in [2.75, 3.05) is 18.5 Å². The van der Waals surface area contributed by atoms with E-state index in [9.17, 15) is 4.39 Å². The number of aliphatic hydroxyl groups excluding tert-OH is 1. The van der Waals surface area contributed by atoms with Gasteiger partial charge >= 0.3 is 0 Å². The van der Waals surface area contributed by atoms with E-state index in [0.29, 0.717) is 28.3 Å². The molecule has 0 saturated carbocycles. The van der Waals surface area contributed by atoms with Crippen molar-refractivity contribution in [2.24, 2.45) is 0 Å². The highest BCUT2D eigenvalue weighted by Gasteiger charge is 2.12. The van der Waals surface area contributed by atoms with Crippen LogP contribution in [0.25, 0.3) is 10.9 Å². The number of fused-ring (bicyclic) bond motifs is 1. The molecule has 2 heterocycles. The summed E-state index contributed by atoms with van der Waals surface area (Å²) < 4.78 is 25.8. The second kappa shape index (κ2) is 8.15. The molecule has 0 bridgehead atoms. The standard InChI is InChI=1S/C21H19FN4O3/c1-13-11-16-17(24-13)5-6-18(20(16)22)29-19-7-8-23-21(26-19)25-14-3-2-4-15(12-14)28-10-9-27/h2-8,11-12,24,27H,9-10H2,1H3,(H,23,25,26). The number of aryl methyl sites for hydroxylation is 1. The average Bonchev–Trinajstić information content (AvgIpc) is 3.10. The molecule has 0 atom stereocenters. The number of aliphatic hydroxyl groups is 1. The lowest BCUT2D eigenvalue weighted by Crippen LogP contribution is -2.02. The van der Waals surface area contributed by atoms with Crippen molar-refractivity contribution in [3.8, 4) is 17.4 Å². The van der Waals surface area contributed by atoms with Crippen molar-refractivity contribution in [1.82, 2.24) is 15.0 Å². The number of nitrogens with zero attached hydrogens (tertiary/aromatic N) is 2. The number of benzene rings is 2. The van der Waals surface area contributed by atoms with E-state index in [2.05, 4.69) is 20.3 Å². The second-order valence-corrected chi connectivity index (χ2v) is 6.34. The first-order valence-electron chi connectivity index (χ1n) is 9.02. The van der Waals surface area contributed by atoms with Gasteiger partial charge in [-0.2, -0.15) is 4.98 Å². The van der Waals surface area contributed by atoms with Crippen LogP contribution in [0.5, 0.6) is 17.4 Å². The van der Waals surface area contributed by atoms with E-state index < -0.39 is 5.82 Å². The Morgan fingerprint density at radius 1 is 1.17 bits per heavy atom. The zero-order chi connectivity index (χ0) is 20.2. The molecule has 0 radical (unpaired) electrons. The molecule has 148 valence electrons. The monoisotopic (exact) mass is 394 g/mol. The predicted octanol–water partition coefficient (Wildman–Crippen LogP) is 4.31. The molecule has 0 saturated heterocycles. The molecule has 0 aliphatic heterocycles. The van der Waals surface area contributed by atoms with Crippen molar-refractivity contribution in [1.29, 1.82) is 0 Å². The van der Waals surface area contributed by atoms with Gasteiger partial charge in [0.05, 0.1) is 6.61 Å². The maximum absolute atomic E-state index is 14.7. The van der Waals surface area contributed by atoms with E-state index in [4.69, 9.17) is 14.6 Å². The van der Waals surface area contributed by atoms with Gasteiger partial charge in [0, 0.05) is 40.6 Å². The largest absolute Gasteiger partial charge is 0.491 e. The summed E-state index contributed by atoms with van der Waals surface area (Å²) in [4.78, 5) is 11.5. The third kappa shape index (κ3) is 4.27. The Balaban J connectivity index is 1.53. The molecule has 0 unspecified atom stereocenters. The van der Waals surface area contributed by atoms with Crippen molar-refractivity contribution in [3.05, 3.63) is 66.2 Å². The molecule has 2 aromatic carbocycles. The van der Waals surface area contributed by atoms with Crippen LogP contribution in [0.2, 0.25) is 0 Å². The fraction of sp³-hybridized carbons (Fsp3) is 0.143. The van der Waals surface area contributed by atoms with Gasteiger partial charge in [-0.15, -0.1) is 0 Å². The van der Waals surface area contributed by atoms with Crippen LogP contribution in [0.3, 0.4) is 0 Å². The smallest absolute Gasteiger partial charge is 0.230 e. The Kier molecular flexibility index (Phi) is 5.26. The molecule has 29 heavy (non-hydrogen) atoms. The number of rotatable bonds is 7. The molecule has 2 aromatic heterocycles. The summed E-state index contributed by atoms with van der Waals surface area (Å²) in [5.74, 6) is 0.740. The second-order valence-electron chi connectivity index (χ2n) is 6.34. The lowest BCUT2D eigenvalue weighted by atomic mass is 10.2. The third-order valence-electron chi connectivity index (χ3n) is 4.13. The molecule has 8 heteroatoms. The Morgan fingerprint density at radius 2 is 2.07 bits per heavy atom. The van der Waals surface area contributed by atoms with E-state index in [1.807, 2.05) is 13.0 Å². The van der Waals surface area contributed by atoms with Crippen LogP contribution in [-0.2, 0) is 0 Å². The molecule has 7 nitrogen and oxygen atoms in total. The van der Waals surface area contributed by atoms with Gasteiger partial charge in [0.2, 0.25) is 11.8 Å². The van der Waals surface area contributed by atoms with E-state index in [1.165, 1.54) is 6.20 Å². The minimum absolute atomic E-state index is 0.0647. The van der Waals surface area contributed by atoms with Crippen molar-refractivity contribution in [2.45, 2.75) is 6.92 Å². The van der Waals surface area contributed by atoms with Gasteiger partial charge in [0.15, 0.2) is 11.6 Å². The molecular weight excluding hydrogens is 375 g/mol. The molecule has 0 aliphatic rings. The fourth-order valence-electron chi connectivity index (χ4n) is 2.89. The first kappa shape index (κ1) is 18.7. The SMILES string of the molecule is Cc1cc2c(F)c(Oc3ccnc(Nc4cccc(OCCO)c4)n3)ccc2[nH]1. The normalized spacial score (nSPS) is 10.9. The van der Waals surface area contributed by atoms with Crippen LogP contribution >= 0.6 is 0 Å². The molecular formula is C21H19FN4O3. The summed E-state index contributed by atoms with van der Waals surface area (Å²) in [7, 11) is 0. The van der Waals surface area contributed by atoms with Crippen LogP contribution in [0.1, 0.15) is 5.69 Å². The Bertz CT molecular complexity index is 1150. The first-order valence-corrected chi connectivity index (χ1v) is 9.02. The quantitative estimate of drug-likeness (QED) is 0.433. The lowest BCUT2D eigenvalue weighted by molar-refractivity contribution is 0.201. The highest BCUT2D eigenvalue weighted by Crippen LogP contribution is 2.30. The molecule has 4 aromatic rings. The number of hydrogen-bond acceptors (Lipinski definition) is 6. The van der Waals surface area contributed by atoms with Crippen LogP contribution in [0.4, 0.5) is 16.0 Å². The Morgan fingerprint density at radius 3 is 2.93 bits per heavy atom. The summed E-state index contributed by atoms with van der Waals surface area (Å²) in [6.45, 7) is 2.01. The fourth-order valence-corrected chi connectivity index (χ4v) is 2.89. The maximum Gasteiger partial charge on any atom is 0.230 e. The number of hydrogen-bond donors (Lipinski definition) is 3. The highest BCUT2D eigenvalue weighted by atomic mass is 19.1. The molecule has 0 spiro atoms. The number of anilines is 2. The molecule has 0 amide bonds. The van der Waals surface area contributed by atoms with Gasteiger partial charge < -0.3 is 24.9 Å². The number of halogens is 1. The zero-order valence-electron chi connectivity index (χ0n) is 15.6. The van der Waals surface area contributed by atoms with E-state index in [0.717, 1.165) is 5.69 Å². The van der Waals surface area contributed by atoms with Crippen LogP contribution in [0, 0.1) is 12.7 Å². The van der Waals surface area contributed by atoms with Gasteiger partial charge in [-0.25, -0.2) is 9.37 Å². The third-order valence-corrected chi connectivity index (χ3v) is 4.13. The van der Waals surface area contributed by atoms with Gasteiger partial charge in [0.1, 0.15) is 12.4 Å². The van der Waals surface area contributed by atoms with Crippen LogP contribution in [-0.4, -0.2) is 33.3 Å². The van der Waals surface area contributed by atoms with Gasteiger partial charge in [0.25, 0.3) is 0 Å². The van der Waals surface area contributed by atoms with Crippen molar-refractivity contribution in [3.63, 3.8) is 0 Å². The van der Waals surface area contributed by atoms with Crippen molar-refractivity contribution >= 4 is 22.5 Å². The molecule has 0 aliphatic carbocycles. The minimum Gasteiger partial charge on any atom is -0.491 e. The zero-order valence-corrected chi connectivity index (χ0v) is 15.6. The van der Waals surface area contributed by atoms with E-state index >= 15 is 0 Å². The minimum atomic E-state index is -0.450. The maximum atomic E-state index is 14.7. The van der Waals surface area contributed by atoms with Crippen molar-refractivity contribution < 1.29 is 19.0 Å². The van der Waals surface area contributed by atoms with E-state index in [1.54, 1.807) is 42.5 Å². The average molecular weight is 394 g/mol. The summed E-state index contributed by atoms with van der Waals surface area (Å²) in [5, 5.41) is 12.4. The van der Waals surface area contributed by atoms with E-state index in [-0.39, 0.29) is 24.8 Å². The van der Waals surface area contributed by atoms with Crippen LogP contribution < -0.4 is 14.8 Å². The molecule has 0 fully saturated rings. The van der Waals surface area contributed by atoms with Gasteiger partial charge in [-0.1, -0.05) is 6.07 Å². The highest BCUT2D eigenvalue weighted by molar-refractivity contribution is 5.82. The Labute approximate surface area is 166 Å². The number of ether oxygens (including phenoxy) is 2. The number of aromatic nitrogens is 3. The summed E-state index contributed by atoms with van der Waals surface area (Å²) >= 11 is 0. The predicted molar refractivity (Wildman–Crippen MR) is 107 cm³/mol. The molecule has 4 rings (SSSR count). The molecule has 3 N–H and O–H groups in total. The van der Waals surface area contributed by atoms with Gasteiger partial charge in [-0.05, 0) is 37.3 Å². The first-order chi connectivity index (χ1) is 14.1.